The average Bonchev–Trinajstić information content (AvgIpc) is 3.24. The topological polar surface area (TPSA) is 60.2 Å². The Bertz CT molecular complexity index is 889. The van der Waals surface area contributed by atoms with Crippen molar-refractivity contribution in [1.82, 2.24) is 0 Å². The van der Waals surface area contributed by atoms with Gasteiger partial charge in [0.2, 0.25) is 0 Å². The monoisotopic (exact) mass is 351 g/mol. The van der Waals surface area contributed by atoms with Gasteiger partial charge in [-0.3, -0.25) is 9.79 Å². The molecule has 3 heterocycles. The minimum absolute atomic E-state index is 0.148. The number of aliphatic imine (C=N–C) groups is 1. The van der Waals surface area contributed by atoms with Crippen LogP contribution in [0.25, 0.3) is 0 Å². The van der Waals surface area contributed by atoms with Crippen molar-refractivity contribution >= 4 is 23.7 Å². The van der Waals surface area contributed by atoms with E-state index >= 15 is 0 Å². The van der Waals surface area contributed by atoms with Gasteiger partial charge in [-0.2, -0.15) is 0 Å². The fourth-order valence-electron chi connectivity index (χ4n) is 6.31. The molecule has 5 atom stereocenters. The maximum absolute atomic E-state index is 13.1. The highest BCUT2D eigenvalue weighted by atomic mass is 16.5. The Morgan fingerprint density at radius 2 is 2.19 bits per heavy atom. The molecule has 2 saturated heterocycles. The van der Waals surface area contributed by atoms with Crippen LogP contribution in [0.15, 0.2) is 40.9 Å². The molecular weight excluding hydrogens is 328 g/mol. The second-order valence-electron chi connectivity index (χ2n) is 7.97. The number of methoxy groups -OCH3 is 1. The maximum Gasteiger partial charge on any atom is 0.325 e. The Balaban J connectivity index is 1.84. The van der Waals surface area contributed by atoms with Crippen LogP contribution >= 0.6 is 0 Å². The molecule has 4 aliphatic rings. The van der Waals surface area contributed by atoms with E-state index in [9.17, 15) is 9.59 Å². The largest absolute Gasteiger partial charge is 0.468 e. The van der Waals surface area contributed by atoms with Gasteiger partial charge in [0.25, 0.3) is 0 Å². The van der Waals surface area contributed by atoms with E-state index in [2.05, 4.69) is 12.1 Å². The normalized spacial score (nSPS) is 40.6. The number of esters is 1. The molecule has 2 bridgehead atoms. The van der Waals surface area contributed by atoms with Crippen molar-refractivity contribution in [3.05, 3.63) is 41.5 Å². The van der Waals surface area contributed by atoms with Crippen LogP contribution in [-0.2, 0) is 19.7 Å². The summed E-state index contributed by atoms with van der Waals surface area (Å²) in [5, 5.41) is 0. The molecule has 1 aromatic rings. The second kappa shape index (κ2) is 5.13. The number of ether oxygens (including phenoxy) is 1. The molecule has 5 heteroatoms. The van der Waals surface area contributed by atoms with Crippen LogP contribution < -0.4 is 4.90 Å². The fraction of sp³-hybridized carbons (Fsp3) is 0.476. The highest BCUT2D eigenvalue weighted by molar-refractivity contribution is 6.25. The van der Waals surface area contributed by atoms with Gasteiger partial charge >= 0.3 is 5.97 Å². The first-order chi connectivity index (χ1) is 12.6. The van der Waals surface area contributed by atoms with E-state index in [1.807, 2.05) is 25.1 Å². The fourth-order valence-corrected chi connectivity index (χ4v) is 6.31. The van der Waals surface area contributed by atoms with Gasteiger partial charge in [-0.25, -0.2) is 0 Å². The summed E-state index contributed by atoms with van der Waals surface area (Å²) in [6, 6.07) is 8.52. The number of nitrogens with one attached hydrogen (secondary N) is 1. The molecule has 1 N–H and O–H groups in total. The number of nitrogens with zero attached hydrogens (tertiary/aromatic N) is 1. The third kappa shape index (κ3) is 1.55. The highest BCUT2D eigenvalue weighted by Crippen LogP contribution is 2.59. The highest BCUT2D eigenvalue weighted by Gasteiger charge is 2.73. The molecule has 5 rings (SSSR count). The SMILES string of the molecule is C/C=C1/C[NH+]2CC[C@@]34C(=Nc5ccccc53)[C@@](C=O)(C(=O)OC)[C@H]1C[C@H]24. The van der Waals surface area contributed by atoms with Crippen molar-refractivity contribution in [3.8, 4) is 0 Å². The van der Waals surface area contributed by atoms with Crippen LogP contribution in [0.1, 0.15) is 25.3 Å². The molecule has 3 fully saturated rings. The van der Waals surface area contributed by atoms with Crippen LogP contribution in [0, 0.1) is 11.3 Å². The third-order valence-electron chi connectivity index (χ3n) is 7.34. The van der Waals surface area contributed by atoms with Crippen molar-refractivity contribution in [1.29, 1.82) is 0 Å². The van der Waals surface area contributed by atoms with Crippen molar-refractivity contribution < 1.29 is 19.2 Å². The van der Waals surface area contributed by atoms with Crippen molar-refractivity contribution in [2.24, 2.45) is 16.3 Å². The number of carbonyl (C=O) groups is 2. The summed E-state index contributed by atoms with van der Waals surface area (Å²) in [4.78, 5) is 32.2. The summed E-state index contributed by atoms with van der Waals surface area (Å²) in [7, 11) is 1.37. The first kappa shape index (κ1) is 15.9. The van der Waals surface area contributed by atoms with E-state index in [0.717, 1.165) is 43.6 Å². The predicted octanol–water partition coefficient (Wildman–Crippen LogP) is 1.01. The van der Waals surface area contributed by atoms with Gasteiger partial charge in [-0.05, 0) is 24.1 Å². The molecule has 0 amide bonds. The number of rotatable bonds is 2. The summed E-state index contributed by atoms with van der Waals surface area (Å²) in [5.41, 5.74) is 2.41. The number of quaternary nitrogens is 1. The molecule has 1 unspecified atom stereocenters. The smallest absolute Gasteiger partial charge is 0.325 e. The minimum Gasteiger partial charge on any atom is -0.468 e. The second-order valence-corrected chi connectivity index (χ2v) is 7.97. The number of hydrogen-bond donors (Lipinski definition) is 1. The van der Waals surface area contributed by atoms with E-state index in [4.69, 9.17) is 9.73 Å². The summed E-state index contributed by atoms with van der Waals surface area (Å²) in [6.07, 6.45) is 4.68. The third-order valence-corrected chi connectivity index (χ3v) is 7.34. The molecule has 3 aliphatic heterocycles. The van der Waals surface area contributed by atoms with Gasteiger partial charge in [0.1, 0.15) is 12.3 Å². The average molecular weight is 351 g/mol. The summed E-state index contributed by atoms with van der Waals surface area (Å²) >= 11 is 0. The number of carbonyl (C=O) groups excluding carboxylic acids is 2. The van der Waals surface area contributed by atoms with Gasteiger partial charge in [0.05, 0.1) is 37.0 Å². The van der Waals surface area contributed by atoms with E-state index in [1.54, 1.807) is 4.90 Å². The van der Waals surface area contributed by atoms with Crippen LogP contribution in [0.2, 0.25) is 0 Å². The van der Waals surface area contributed by atoms with Crippen molar-refractivity contribution in [2.75, 3.05) is 20.2 Å². The van der Waals surface area contributed by atoms with E-state index < -0.39 is 11.4 Å². The molecule has 26 heavy (non-hydrogen) atoms. The quantitative estimate of drug-likeness (QED) is 0.374. The summed E-state index contributed by atoms with van der Waals surface area (Å²) in [6.45, 7) is 3.94. The zero-order valence-electron chi connectivity index (χ0n) is 15.1. The molecule has 0 aromatic heterocycles. The Hall–Kier alpha value is -2.27. The molecule has 1 saturated carbocycles. The lowest BCUT2D eigenvalue weighted by Gasteiger charge is -2.52. The number of fused-ring (bicyclic) bond motifs is 2. The molecular formula is C21H23N2O3+. The molecule has 1 aliphatic carbocycles. The molecule has 0 radical (unpaired) electrons. The standard InChI is InChI=1S/C21H22N2O3/c1-3-13-11-23-9-8-20-14-6-4-5-7-16(14)22-18(20)21(12-24,19(25)26-2)15(13)10-17(20)23/h3-7,12,15,17H,8-11H2,1-2H3/p+1/b13-3-/t15-,17-,20+,21-/m0/s1. The number of allylic oxidation sites excluding steroid dienone is 1. The van der Waals surface area contributed by atoms with Gasteiger partial charge in [0.15, 0.2) is 5.41 Å². The zero-order chi connectivity index (χ0) is 18.1. The Labute approximate surface area is 152 Å². The van der Waals surface area contributed by atoms with Crippen LogP contribution in [0.5, 0.6) is 0 Å². The van der Waals surface area contributed by atoms with E-state index in [0.29, 0.717) is 6.04 Å². The Morgan fingerprint density at radius 3 is 2.92 bits per heavy atom. The summed E-state index contributed by atoms with van der Waals surface area (Å²) in [5.74, 6) is -0.609. The maximum atomic E-state index is 13.1. The van der Waals surface area contributed by atoms with Gasteiger partial charge in [-0.15, -0.1) is 0 Å². The first-order valence-electron chi connectivity index (χ1n) is 9.37. The lowest BCUT2D eigenvalue weighted by Crippen LogP contribution is -3.16. The minimum atomic E-state index is -1.30. The zero-order valence-corrected chi connectivity index (χ0v) is 15.1. The van der Waals surface area contributed by atoms with Crippen LogP contribution in [-0.4, -0.2) is 44.2 Å². The lowest BCUT2D eigenvalue weighted by atomic mass is 9.50. The Kier molecular flexibility index (Phi) is 3.15. The number of hydrogen-bond acceptors (Lipinski definition) is 4. The van der Waals surface area contributed by atoms with Crippen molar-refractivity contribution in [2.45, 2.75) is 31.2 Å². The summed E-state index contributed by atoms with van der Waals surface area (Å²) < 4.78 is 5.19. The lowest BCUT2D eigenvalue weighted by molar-refractivity contribution is -0.915. The molecule has 1 aromatic carbocycles. The van der Waals surface area contributed by atoms with Gasteiger partial charge in [-0.1, -0.05) is 24.3 Å². The Morgan fingerprint density at radius 1 is 1.38 bits per heavy atom. The van der Waals surface area contributed by atoms with E-state index in [-0.39, 0.29) is 11.3 Å². The van der Waals surface area contributed by atoms with Crippen LogP contribution in [0.4, 0.5) is 5.69 Å². The molecule has 1 spiro atoms. The van der Waals surface area contributed by atoms with E-state index in [1.165, 1.54) is 18.2 Å². The van der Waals surface area contributed by atoms with Gasteiger partial charge in [0, 0.05) is 18.8 Å². The predicted molar refractivity (Wildman–Crippen MR) is 96.7 cm³/mol. The number of para-hydroxylation sites is 1. The number of benzene rings is 1. The number of piperidine rings is 1. The van der Waals surface area contributed by atoms with Crippen molar-refractivity contribution in [3.63, 3.8) is 0 Å². The molecule has 134 valence electrons. The van der Waals surface area contributed by atoms with Crippen LogP contribution in [0.3, 0.4) is 0 Å². The molecule has 5 nitrogen and oxygen atoms in total. The van der Waals surface area contributed by atoms with Gasteiger partial charge < -0.3 is 14.4 Å². The first-order valence-corrected chi connectivity index (χ1v) is 9.37. The number of aldehydes is 1.